The molecular formula is C24H27N3O3S. The first-order valence-corrected chi connectivity index (χ1v) is 11.9. The van der Waals surface area contributed by atoms with Crippen LogP contribution in [-0.4, -0.2) is 54.7 Å². The maximum Gasteiger partial charge on any atom is 0.254 e. The zero-order chi connectivity index (χ0) is 22.2. The topological polar surface area (TPSA) is 70.6 Å². The molecule has 1 aliphatic heterocycles. The van der Waals surface area contributed by atoms with E-state index in [0.29, 0.717) is 23.5 Å². The van der Waals surface area contributed by atoms with Crippen molar-refractivity contribution in [3.8, 4) is 0 Å². The van der Waals surface area contributed by atoms with Crippen molar-refractivity contribution in [1.82, 2.24) is 14.2 Å². The molecule has 6 nitrogen and oxygen atoms in total. The van der Waals surface area contributed by atoms with Crippen molar-refractivity contribution >= 4 is 26.8 Å². The molecule has 2 heterocycles. The van der Waals surface area contributed by atoms with E-state index in [-0.39, 0.29) is 24.4 Å². The van der Waals surface area contributed by atoms with Gasteiger partial charge < -0.3 is 4.90 Å². The van der Waals surface area contributed by atoms with E-state index in [1.165, 1.54) is 4.31 Å². The van der Waals surface area contributed by atoms with Crippen LogP contribution in [0.15, 0.2) is 65.7 Å². The SMILES string of the molecule is CC(C)(C)c1ccc(S(=O)(=O)N2CCN(C(=O)c3ccnc4ccccc34)CC2)cc1. The third-order valence-electron chi connectivity index (χ3n) is 5.76. The van der Waals surface area contributed by atoms with E-state index in [2.05, 4.69) is 25.8 Å². The molecule has 7 heteroatoms. The normalized spacial score (nSPS) is 15.9. The summed E-state index contributed by atoms with van der Waals surface area (Å²) >= 11 is 0. The highest BCUT2D eigenvalue weighted by molar-refractivity contribution is 7.89. The first-order valence-electron chi connectivity index (χ1n) is 10.4. The molecule has 0 unspecified atom stereocenters. The van der Waals surface area contributed by atoms with Gasteiger partial charge in [0.25, 0.3) is 5.91 Å². The molecule has 2 aromatic carbocycles. The summed E-state index contributed by atoms with van der Waals surface area (Å²) in [6.45, 7) is 7.55. The maximum absolute atomic E-state index is 13.1. The molecule has 1 aromatic heterocycles. The smallest absolute Gasteiger partial charge is 0.254 e. The molecule has 0 spiro atoms. The fourth-order valence-electron chi connectivity index (χ4n) is 3.86. The van der Waals surface area contributed by atoms with Crippen LogP contribution in [0.1, 0.15) is 36.7 Å². The summed E-state index contributed by atoms with van der Waals surface area (Å²) in [4.78, 5) is 19.4. The number of hydrogen-bond acceptors (Lipinski definition) is 4. The molecule has 31 heavy (non-hydrogen) atoms. The van der Waals surface area contributed by atoms with Gasteiger partial charge in [-0.3, -0.25) is 9.78 Å². The van der Waals surface area contributed by atoms with Crippen LogP contribution in [0.2, 0.25) is 0 Å². The van der Waals surface area contributed by atoms with E-state index < -0.39 is 10.0 Å². The monoisotopic (exact) mass is 437 g/mol. The molecule has 0 bridgehead atoms. The van der Waals surface area contributed by atoms with Gasteiger partial charge in [-0.2, -0.15) is 4.31 Å². The highest BCUT2D eigenvalue weighted by Crippen LogP contribution is 2.25. The van der Waals surface area contributed by atoms with Crippen molar-refractivity contribution in [2.45, 2.75) is 31.1 Å². The second kappa shape index (κ2) is 8.05. The Hall–Kier alpha value is -2.77. The Kier molecular flexibility index (Phi) is 5.58. The van der Waals surface area contributed by atoms with Crippen LogP contribution < -0.4 is 0 Å². The van der Waals surface area contributed by atoms with Gasteiger partial charge >= 0.3 is 0 Å². The lowest BCUT2D eigenvalue weighted by atomic mass is 9.87. The Morgan fingerprint density at radius 1 is 0.903 bits per heavy atom. The number of para-hydroxylation sites is 1. The molecular weight excluding hydrogens is 410 g/mol. The van der Waals surface area contributed by atoms with Crippen molar-refractivity contribution in [2.24, 2.45) is 0 Å². The van der Waals surface area contributed by atoms with Crippen molar-refractivity contribution < 1.29 is 13.2 Å². The lowest BCUT2D eigenvalue weighted by molar-refractivity contribution is 0.0700. The largest absolute Gasteiger partial charge is 0.336 e. The van der Waals surface area contributed by atoms with E-state index >= 15 is 0 Å². The molecule has 1 amide bonds. The fraction of sp³-hybridized carbons (Fsp3) is 0.333. The molecule has 0 atom stereocenters. The number of rotatable bonds is 3. The van der Waals surface area contributed by atoms with Gasteiger partial charge in [-0.25, -0.2) is 8.42 Å². The van der Waals surface area contributed by atoms with Crippen molar-refractivity contribution in [2.75, 3.05) is 26.2 Å². The van der Waals surface area contributed by atoms with Crippen LogP contribution in [0, 0.1) is 0 Å². The summed E-state index contributed by atoms with van der Waals surface area (Å²) < 4.78 is 27.6. The van der Waals surface area contributed by atoms with Gasteiger partial charge in [0.15, 0.2) is 0 Å². The Bertz CT molecular complexity index is 1200. The number of carbonyl (C=O) groups excluding carboxylic acids is 1. The maximum atomic E-state index is 13.1. The summed E-state index contributed by atoms with van der Waals surface area (Å²) in [6, 6.07) is 16.4. The molecule has 0 N–H and O–H groups in total. The number of piperazine rings is 1. The highest BCUT2D eigenvalue weighted by atomic mass is 32.2. The number of fused-ring (bicyclic) bond motifs is 1. The molecule has 0 radical (unpaired) electrons. The lowest BCUT2D eigenvalue weighted by Crippen LogP contribution is -2.50. The average molecular weight is 438 g/mol. The van der Waals surface area contributed by atoms with Crippen LogP contribution in [0.25, 0.3) is 10.9 Å². The van der Waals surface area contributed by atoms with Gasteiger partial charge in [-0.05, 0) is 35.2 Å². The Balaban J connectivity index is 1.48. The van der Waals surface area contributed by atoms with Crippen LogP contribution >= 0.6 is 0 Å². The second-order valence-corrected chi connectivity index (χ2v) is 10.8. The third kappa shape index (κ3) is 4.20. The second-order valence-electron chi connectivity index (χ2n) is 8.85. The van der Waals surface area contributed by atoms with Gasteiger partial charge in [-0.1, -0.05) is 51.1 Å². The highest BCUT2D eigenvalue weighted by Gasteiger charge is 2.31. The van der Waals surface area contributed by atoms with E-state index in [4.69, 9.17) is 0 Å². The molecule has 3 aromatic rings. The van der Waals surface area contributed by atoms with E-state index in [9.17, 15) is 13.2 Å². The quantitative estimate of drug-likeness (QED) is 0.627. The average Bonchev–Trinajstić information content (AvgIpc) is 2.78. The predicted molar refractivity (Wildman–Crippen MR) is 122 cm³/mol. The molecule has 162 valence electrons. The number of hydrogen-bond donors (Lipinski definition) is 0. The minimum absolute atomic E-state index is 0.0363. The summed E-state index contributed by atoms with van der Waals surface area (Å²) in [5.41, 5.74) is 2.42. The number of benzene rings is 2. The number of aromatic nitrogens is 1. The summed E-state index contributed by atoms with van der Waals surface area (Å²) in [6.07, 6.45) is 1.64. The van der Waals surface area contributed by atoms with Crippen LogP contribution in [-0.2, 0) is 15.4 Å². The Morgan fingerprint density at radius 3 is 2.19 bits per heavy atom. The lowest BCUT2D eigenvalue weighted by Gasteiger charge is -2.34. The van der Waals surface area contributed by atoms with Crippen molar-refractivity contribution in [1.29, 1.82) is 0 Å². The molecule has 1 saturated heterocycles. The fourth-order valence-corrected chi connectivity index (χ4v) is 5.28. The number of sulfonamides is 1. The molecule has 1 aliphatic rings. The van der Waals surface area contributed by atoms with Crippen LogP contribution in [0.3, 0.4) is 0 Å². The predicted octanol–water partition coefficient (Wildman–Crippen LogP) is 3.68. The number of nitrogens with zero attached hydrogens (tertiary/aromatic N) is 3. The van der Waals surface area contributed by atoms with Gasteiger partial charge in [0.1, 0.15) is 0 Å². The minimum Gasteiger partial charge on any atom is -0.336 e. The standard InChI is InChI=1S/C24H27N3O3S/c1-24(2,3)18-8-10-19(11-9-18)31(29,30)27-16-14-26(15-17-27)23(28)21-12-13-25-22-7-5-4-6-20(21)22/h4-13H,14-17H2,1-3H3. The van der Waals surface area contributed by atoms with Gasteiger partial charge in [0.2, 0.25) is 10.0 Å². The molecule has 4 rings (SSSR count). The van der Waals surface area contributed by atoms with Gasteiger partial charge in [-0.15, -0.1) is 0 Å². The zero-order valence-electron chi connectivity index (χ0n) is 18.1. The van der Waals surface area contributed by atoms with E-state index in [1.807, 2.05) is 36.4 Å². The molecule has 0 saturated carbocycles. The van der Waals surface area contributed by atoms with Gasteiger partial charge in [0.05, 0.1) is 16.0 Å². The molecule has 1 fully saturated rings. The number of pyridine rings is 1. The van der Waals surface area contributed by atoms with Crippen LogP contribution in [0.4, 0.5) is 0 Å². The van der Waals surface area contributed by atoms with Gasteiger partial charge in [0, 0.05) is 37.8 Å². The van der Waals surface area contributed by atoms with Crippen molar-refractivity contribution in [3.05, 3.63) is 71.9 Å². The van der Waals surface area contributed by atoms with E-state index in [1.54, 1.807) is 29.3 Å². The minimum atomic E-state index is -3.59. The first-order chi connectivity index (χ1) is 14.7. The van der Waals surface area contributed by atoms with Crippen LogP contribution in [0.5, 0.6) is 0 Å². The summed E-state index contributed by atoms with van der Waals surface area (Å²) in [5, 5.41) is 0.809. The third-order valence-corrected chi connectivity index (χ3v) is 7.68. The number of carbonyl (C=O) groups is 1. The molecule has 0 aliphatic carbocycles. The summed E-state index contributed by atoms with van der Waals surface area (Å²) in [5.74, 6) is -0.0924. The van der Waals surface area contributed by atoms with E-state index in [0.717, 1.165) is 16.5 Å². The summed E-state index contributed by atoms with van der Waals surface area (Å²) in [7, 11) is -3.59. The Labute approximate surface area is 183 Å². The number of amides is 1. The zero-order valence-corrected chi connectivity index (χ0v) is 18.9. The first kappa shape index (κ1) is 21.5. The van der Waals surface area contributed by atoms with Crippen molar-refractivity contribution in [3.63, 3.8) is 0 Å². The Morgan fingerprint density at radius 2 is 1.55 bits per heavy atom.